The van der Waals surface area contributed by atoms with E-state index < -0.39 is 11.7 Å². The molecule has 0 aliphatic heterocycles. The fraction of sp³-hybridized carbons (Fsp3) is 0.0476. The quantitative estimate of drug-likeness (QED) is 0.508. The molecule has 27 heavy (non-hydrogen) atoms. The van der Waals surface area contributed by atoms with Crippen molar-refractivity contribution in [1.82, 2.24) is 4.98 Å². The minimum Gasteiger partial charge on any atom is -0.507 e. The third kappa shape index (κ3) is 3.25. The van der Waals surface area contributed by atoms with Crippen LogP contribution in [-0.2, 0) is 0 Å². The Hall–Kier alpha value is -3.67. The van der Waals surface area contributed by atoms with Crippen molar-refractivity contribution in [2.24, 2.45) is 0 Å². The van der Waals surface area contributed by atoms with E-state index in [2.05, 4.69) is 10.3 Å². The predicted molar refractivity (Wildman–Crippen MR) is 100 cm³/mol. The third-order valence-corrected chi connectivity index (χ3v) is 4.15. The van der Waals surface area contributed by atoms with Crippen LogP contribution in [0, 0.1) is 12.7 Å². The Morgan fingerprint density at radius 1 is 1.11 bits per heavy atom. The van der Waals surface area contributed by atoms with Gasteiger partial charge in [-0.05, 0) is 55.0 Å². The molecule has 0 aliphatic carbocycles. The number of rotatable bonds is 3. The first-order valence-electron chi connectivity index (χ1n) is 8.28. The van der Waals surface area contributed by atoms with Crippen molar-refractivity contribution in [3.63, 3.8) is 0 Å². The van der Waals surface area contributed by atoms with Gasteiger partial charge in [0.1, 0.15) is 17.1 Å². The number of amides is 1. The highest BCUT2D eigenvalue weighted by molar-refractivity contribution is 6.04. The molecule has 0 radical (unpaired) electrons. The summed E-state index contributed by atoms with van der Waals surface area (Å²) in [6.07, 6.45) is 0. The number of hydrogen-bond acceptors (Lipinski definition) is 4. The molecule has 0 unspecified atom stereocenters. The molecule has 1 heterocycles. The lowest BCUT2D eigenvalue weighted by atomic mass is 10.1. The molecule has 4 aromatic rings. The van der Waals surface area contributed by atoms with Crippen molar-refractivity contribution in [3.8, 4) is 17.2 Å². The number of aromatic hydroxyl groups is 1. The Morgan fingerprint density at radius 2 is 1.93 bits per heavy atom. The summed E-state index contributed by atoms with van der Waals surface area (Å²) in [5.74, 6) is -1.00. The van der Waals surface area contributed by atoms with E-state index in [4.69, 9.17) is 4.42 Å². The molecule has 0 bridgehead atoms. The number of nitrogens with one attached hydrogen (secondary N) is 1. The minimum atomic E-state index is -0.608. The number of nitrogens with zero attached hydrogens (tertiary/aromatic N) is 1. The number of benzene rings is 3. The van der Waals surface area contributed by atoms with Crippen molar-refractivity contribution >= 4 is 22.7 Å². The average molecular weight is 362 g/mol. The standard InChI is InChI=1S/C21H15FN2O3/c1-12-6-9-19-17(10-12)24-21(27-19)15-11-13(7-8-18(15)25)23-20(26)14-4-2-3-5-16(14)22/h2-11,25H,1H3,(H,23,26). The van der Waals surface area contributed by atoms with Crippen molar-refractivity contribution in [3.05, 3.63) is 77.6 Å². The summed E-state index contributed by atoms with van der Waals surface area (Å²) >= 11 is 0. The number of aryl methyl sites for hydroxylation is 1. The molecule has 0 saturated heterocycles. The lowest BCUT2D eigenvalue weighted by Crippen LogP contribution is -2.13. The summed E-state index contributed by atoms with van der Waals surface area (Å²) in [6.45, 7) is 1.95. The third-order valence-electron chi connectivity index (χ3n) is 4.15. The van der Waals surface area contributed by atoms with E-state index in [1.54, 1.807) is 6.07 Å². The van der Waals surface area contributed by atoms with Crippen LogP contribution in [0.5, 0.6) is 5.75 Å². The maximum Gasteiger partial charge on any atom is 0.258 e. The fourth-order valence-electron chi connectivity index (χ4n) is 2.78. The van der Waals surface area contributed by atoms with E-state index in [1.807, 2.05) is 25.1 Å². The van der Waals surface area contributed by atoms with E-state index in [-0.39, 0.29) is 17.2 Å². The molecule has 5 nitrogen and oxygen atoms in total. The fourth-order valence-corrected chi connectivity index (χ4v) is 2.78. The monoisotopic (exact) mass is 362 g/mol. The van der Waals surface area contributed by atoms with Gasteiger partial charge in [0, 0.05) is 5.69 Å². The molecule has 0 fully saturated rings. The van der Waals surface area contributed by atoms with Crippen molar-refractivity contribution in [1.29, 1.82) is 0 Å². The molecule has 0 aliphatic rings. The summed E-state index contributed by atoms with van der Waals surface area (Å²) < 4.78 is 19.5. The first-order chi connectivity index (χ1) is 13.0. The number of anilines is 1. The van der Waals surface area contributed by atoms with Crippen molar-refractivity contribution in [2.75, 3.05) is 5.32 Å². The second kappa shape index (κ2) is 6.57. The highest BCUT2D eigenvalue weighted by Crippen LogP contribution is 2.33. The molecular formula is C21H15FN2O3. The molecule has 2 N–H and O–H groups in total. The van der Waals surface area contributed by atoms with Crippen LogP contribution in [0.15, 0.2) is 65.1 Å². The predicted octanol–water partition coefficient (Wildman–Crippen LogP) is 4.90. The Morgan fingerprint density at radius 3 is 2.74 bits per heavy atom. The topological polar surface area (TPSA) is 75.4 Å². The van der Waals surface area contributed by atoms with Crippen molar-refractivity contribution < 1.29 is 18.7 Å². The van der Waals surface area contributed by atoms with Crippen LogP contribution in [-0.4, -0.2) is 16.0 Å². The SMILES string of the molecule is Cc1ccc2oc(-c3cc(NC(=O)c4ccccc4F)ccc3O)nc2c1. The Balaban J connectivity index is 1.68. The summed E-state index contributed by atoms with van der Waals surface area (Å²) in [5, 5.41) is 12.8. The zero-order valence-electron chi connectivity index (χ0n) is 14.4. The number of phenolic OH excluding ortho intramolecular Hbond substituents is 1. The Kier molecular flexibility index (Phi) is 4.08. The van der Waals surface area contributed by atoms with Gasteiger partial charge in [0.25, 0.3) is 5.91 Å². The van der Waals surface area contributed by atoms with Gasteiger partial charge in [-0.2, -0.15) is 0 Å². The van der Waals surface area contributed by atoms with Crippen molar-refractivity contribution in [2.45, 2.75) is 6.92 Å². The van der Waals surface area contributed by atoms with Gasteiger partial charge >= 0.3 is 0 Å². The maximum absolute atomic E-state index is 13.8. The molecule has 134 valence electrons. The first-order valence-corrected chi connectivity index (χ1v) is 8.28. The summed E-state index contributed by atoms with van der Waals surface area (Å²) in [6, 6.07) is 15.8. The van der Waals surface area contributed by atoms with Crippen LogP contribution in [0.25, 0.3) is 22.6 Å². The Bertz CT molecular complexity index is 1170. The Labute approximate surface area is 154 Å². The molecule has 1 amide bonds. The van der Waals surface area contributed by atoms with Crippen LogP contribution in [0.4, 0.5) is 10.1 Å². The van der Waals surface area contributed by atoms with Crippen LogP contribution >= 0.6 is 0 Å². The van der Waals surface area contributed by atoms with Gasteiger partial charge in [-0.25, -0.2) is 9.37 Å². The van der Waals surface area contributed by atoms with E-state index in [0.717, 1.165) is 5.56 Å². The van der Waals surface area contributed by atoms with E-state index >= 15 is 0 Å². The van der Waals surface area contributed by atoms with Gasteiger partial charge in [-0.15, -0.1) is 0 Å². The van der Waals surface area contributed by atoms with E-state index in [0.29, 0.717) is 22.4 Å². The molecule has 0 spiro atoms. The number of carbonyl (C=O) groups excluding carboxylic acids is 1. The highest BCUT2D eigenvalue weighted by Gasteiger charge is 2.16. The summed E-state index contributed by atoms with van der Waals surface area (Å²) in [5.41, 5.74) is 2.95. The number of carbonyl (C=O) groups is 1. The zero-order valence-corrected chi connectivity index (χ0v) is 14.4. The van der Waals surface area contributed by atoms with Crippen LogP contribution in [0.2, 0.25) is 0 Å². The van der Waals surface area contributed by atoms with Gasteiger partial charge in [-0.3, -0.25) is 4.79 Å². The van der Waals surface area contributed by atoms with Crippen LogP contribution in [0.1, 0.15) is 15.9 Å². The van der Waals surface area contributed by atoms with Gasteiger partial charge in [0.05, 0.1) is 11.1 Å². The molecule has 1 aromatic heterocycles. The molecule has 3 aromatic carbocycles. The van der Waals surface area contributed by atoms with Gasteiger partial charge in [0.2, 0.25) is 5.89 Å². The number of hydrogen-bond donors (Lipinski definition) is 2. The molecule has 4 rings (SSSR count). The van der Waals surface area contributed by atoms with Crippen LogP contribution in [0.3, 0.4) is 0 Å². The summed E-state index contributed by atoms with van der Waals surface area (Å²) in [4.78, 5) is 16.7. The lowest BCUT2D eigenvalue weighted by molar-refractivity contribution is 0.102. The molecule has 6 heteroatoms. The number of fused-ring (bicyclic) bond motifs is 1. The second-order valence-electron chi connectivity index (χ2n) is 6.16. The van der Waals surface area contributed by atoms with Gasteiger partial charge in [0.15, 0.2) is 5.58 Å². The number of halogens is 1. The van der Waals surface area contributed by atoms with E-state index in [1.165, 1.54) is 36.4 Å². The first kappa shape index (κ1) is 16.8. The normalized spacial score (nSPS) is 10.9. The number of phenols is 1. The zero-order chi connectivity index (χ0) is 19.0. The number of oxazole rings is 1. The number of aromatic nitrogens is 1. The lowest BCUT2D eigenvalue weighted by Gasteiger charge is -2.08. The molecular weight excluding hydrogens is 347 g/mol. The van der Waals surface area contributed by atoms with Gasteiger partial charge < -0.3 is 14.8 Å². The smallest absolute Gasteiger partial charge is 0.258 e. The van der Waals surface area contributed by atoms with E-state index in [9.17, 15) is 14.3 Å². The molecule has 0 atom stereocenters. The molecule has 0 saturated carbocycles. The second-order valence-corrected chi connectivity index (χ2v) is 6.16. The largest absolute Gasteiger partial charge is 0.507 e. The van der Waals surface area contributed by atoms with Gasteiger partial charge in [-0.1, -0.05) is 18.2 Å². The highest BCUT2D eigenvalue weighted by atomic mass is 19.1. The maximum atomic E-state index is 13.8. The van der Waals surface area contributed by atoms with Crippen LogP contribution < -0.4 is 5.32 Å². The average Bonchev–Trinajstić information content (AvgIpc) is 3.06. The minimum absolute atomic E-state index is 0.0397. The summed E-state index contributed by atoms with van der Waals surface area (Å²) in [7, 11) is 0.